The Hall–Kier alpha value is -1.86. The second-order valence-electron chi connectivity index (χ2n) is 3.84. The Morgan fingerprint density at radius 1 is 1.40 bits per heavy atom. The van der Waals surface area contributed by atoms with Crippen LogP contribution in [0.5, 0.6) is 0 Å². The number of carbonyl (C=O) groups excluding carboxylic acids is 1. The van der Waals surface area contributed by atoms with Crippen molar-refractivity contribution in [2.45, 2.75) is 6.30 Å². The van der Waals surface area contributed by atoms with Crippen LogP contribution in [0.4, 0.5) is 10.1 Å². The number of hydrogen-bond donors (Lipinski definition) is 2. The van der Waals surface area contributed by atoms with Gasteiger partial charge in [0, 0.05) is 10.0 Å². The molecular weight excluding hydrogens is 312 g/mol. The average molecular weight is 320 g/mol. The molecule has 1 amide bonds. The summed E-state index contributed by atoms with van der Waals surface area (Å²) in [6.07, 6.45) is -2.00. The minimum absolute atomic E-state index is 0.198. The van der Waals surface area contributed by atoms with Crippen molar-refractivity contribution in [3.63, 3.8) is 0 Å². The lowest BCUT2D eigenvalue weighted by molar-refractivity contribution is -0.135. The summed E-state index contributed by atoms with van der Waals surface area (Å²) in [7, 11) is 0. The fourth-order valence-electron chi connectivity index (χ4n) is 1.63. The van der Waals surface area contributed by atoms with E-state index >= 15 is 0 Å². The third-order valence-electron chi connectivity index (χ3n) is 2.37. The predicted octanol–water partition coefficient (Wildman–Crippen LogP) is 1.67. The number of hydrogen-bond acceptors (Lipinski definition) is 3. The number of benzene rings is 1. The number of halogens is 3. The lowest BCUT2D eigenvalue weighted by Gasteiger charge is -2.15. The molecule has 1 aromatic carbocycles. The van der Waals surface area contributed by atoms with E-state index in [9.17, 15) is 14.0 Å². The highest BCUT2D eigenvalue weighted by molar-refractivity contribution is 6.35. The molecule has 0 saturated carbocycles. The van der Waals surface area contributed by atoms with Gasteiger partial charge >= 0.3 is 5.97 Å². The van der Waals surface area contributed by atoms with Gasteiger partial charge in [0.25, 0.3) is 12.2 Å². The largest absolute Gasteiger partial charge is 0.480 e. The van der Waals surface area contributed by atoms with Gasteiger partial charge in [-0.15, -0.1) is 0 Å². The zero-order chi connectivity index (χ0) is 14.9. The summed E-state index contributed by atoms with van der Waals surface area (Å²) < 4.78 is 13.4. The number of aliphatic carboxylic acids is 1. The van der Waals surface area contributed by atoms with Crippen molar-refractivity contribution in [1.29, 1.82) is 0 Å². The van der Waals surface area contributed by atoms with E-state index in [1.807, 2.05) is 0 Å². The normalized spacial score (nSPS) is 20.4. The number of rotatable bonds is 3. The molecule has 1 fully saturated rings. The second kappa shape index (κ2) is 5.64. The van der Waals surface area contributed by atoms with Gasteiger partial charge in [-0.25, -0.2) is 14.3 Å². The van der Waals surface area contributed by atoms with Gasteiger partial charge in [-0.1, -0.05) is 23.2 Å². The zero-order valence-electron chi connectivity index (χ0n) is 9.81. The van der Waals surface area contributed by atoms with Crippen LogP contribution in [-0.4, -0.2) is 35.8 Å². The molecule has 9 heteroatoms. The molecule has 0 spiro atoms. The minimum Gasteiger partial charge on any atom is -0.480 e. The molecule has 1 saturated heterocycles. The maximum absolute atomic E-state index is 13.4. The number of carbonyl (C=O) groups is 2. The molecule has 1 unspecified atom stereocenters. The van der Waals surface area contributed by atoms with Crippen LogP contribution < -0.4 is 10.2 Å². The summed E-state index contributed by atoms with van der Waals surface area (Å²) >= 11 is 11.6. The molecular formula is C11H8Cl2FN3O3. The molecule has 1 atom stereocenters. The van der Waals surface area contributed by atoms with Crippen molar-refractivity contribution in [1.82, 2.24) is 5.32 Å². The number of anilines is 1. The van der Waals surface area contributed by atoms with Crippen LogP contribution in [0.2, 0.25) is 10.0 Å². The van der Waals surface area contributed by atoms with Gasteiger partial charge in [-0.05, 0) is 18.2 Å². The third kappa shape index (κ3) is 3.00. The summed E-state index contributed by atoms with van der Waals surface area (Å²) in [5.74, 6) is -2.34. The molecule has 0 radical (unpaired) electrons. The lowest BCUT2D eigenvalue weighted by Crippen LogP contribution is -2.33. The Bertz CT molecular complexity index is 588. The van der Waals surface area contributed by atoms with Crippen molar-refractivity contribution in [2.75, 3.05) is 11.4 Å². The van der Waals surface area contributed by atoms with E-state index < -0.39 is 24.7 Å². The van der Waals surface area contributed by atoms with Gasteiger partial charge in [-0.2, -0.15) is 0 Å². The van der Waals surface area contributed by atoms with Gasteiger partial charge < -0.3 is 10.4 Å². The molecule has 0 bridgehead atoms. The fourth-order valence-corrected chi connectivity index (χ4v) is 2.15. The van der Waals surface area contributed by atoms with Crippen LogP contribution >= 0.6 is 23.2 Å². The summed E-state index contributed by atoms with van der Waals surface area (Å²) in [4.78, 5) is 26.8. The van der Waals surface area contributed by atoms with Crippen LogP contribution in [0, 0.1) is 0 Å². The van der Waals surface area contributed by atoms with E-state index in [1.54, 1.807) is 0 Å². The monoisotopic (exact) mass is 319 g/mol. The number of guanidine groups is 1. The number of aliphatic imine (C=N–C) groups is 1. The molecule has 2 rings (SSSR count). The summed E-state index contributed by atoms with van der Waals surface area (Å²) in [6, 6.07) is 4.23. The first-order valence-electron chi connectivity index (χ1n) is 5.35. The highest BCUT2D eigenvalue weighted by Gasteiger charge is 2.38. The van der Waals surface area contributed by atoms with E-state index in [4.69, 9.17) is 28.3 Å². The quantitative estimate of drug-likeness (QED) is 0.830. The van der Waals surface area contributed by atoms with E-state index in [0.29, 0.717) is 0 Å². The Balaban J connectivity index is 2.41. The predicted molar refractivity (Wildman–Crippen MR) is 71.9 cm³/mol. The van der Waals surface area contributed by atoms with Crippen molar-refractivity contribution in [3.8, 4) is 0 Å². The number of carboxylic acid groups (broad SMARTS) is 1. The van der Waals surface area contributed by atoms with Gasteiger partial charge in [0.05, 0.1) is 5.69 Å². The highest BCUT2D eigenvalue weighted by Crippen LogP contribution is 2.27. The molecule has 1 aliphatic rings. The topological polar surface area (TPSA) is 82.0 Å². The second-order valence-corrected chi connectivity index (χ2v) is 4.71. The Labute approximate surface area is 122 Å². The van der Waals surface area contributed by atoms with Crippen molar-refractivity contribution >= 4 is 46.7 Å². The molecule has 0 aliphatic carbocycles. The van der Waals surface area contributed by atoms with Crippen molar-refractivity contribution in [2.24, 2.45) is 4.99 Å². The average Bonchev–Trinajstić information content (AvgIpc) is 2.61. The van der Waals surface area contributed by atoms with Gasteiger partial charge in [-0.3, -0.25) is 9.59 Å². The van der Waals surface area contributed by atoms with Gasteiger partial charge in [0.15, 0.2) is 0 Å². The first-order chi connectivity index (χ1) is 9.38. The van der Waals surface area contributed by atoms with Crippen LogP contribution in [-0.2, 0) is 9.59 Å². The molecule has 1 aliphatic heterocycles. The van der Waals surface area contributed by atoms with Gasteiger partial charge in [0.2, 0.25) is 5.96 Å². The van der Waals surface area contributed by atoms with Crippen LogP contribution in [0.1, 0.15) is 0 Å². The molecule has 0 aromatic heterocycles. The van der Waals surface area contributed by atoms with E-state index in [0.717, 1.165) is 4.90 Å². The van der Waals surface area contributed by atoms with E-state index in [2.05, 4.69) is 10.3 Å². The van der Waals surface area contributed by atoms with Crippen molar-refractivity contribution in [3.05, 3.63) is 28.2 Å². The SMILES string of the molecule is O=C(O)CN=C1NC(F)C(=O)N1c1cc(Cl)cc(Cl)c1. The summed E-state index contributed by atoms with van der Waals surface area (Å²) in [6.45, 7) is -0.604. The van der Waals surface area contributed by atoms with Crippen LogP contribution in [0.3, 0.4) is 0 Å². The molecule has 1 aromatic rings. The molecule has 2 N–H and O–H groups in total. The Morgan fingerprint density at radius 3 is 2.55 bits per heavy atom. The smallest absolute Gasteiger partial charge is 0.325 e. The minimum atomic E-state index is -2.00. The fraction of sp³-hybridized carbons (Fsp3) is 0.182. The standard InChI is InChI=1S/C11H8Cl2FN3O3/c12-5-1-6(13)3-7(2-5)17-10(20)9(14)16-11(17)15-4-8(18)19/h1-3,9H,4H2,(H,15,16)(H,18,19). The number of carboxylic acids is 1. The van der Waals surface area contributed by atoms with Crippen LogP contribution in [0.15, 0.2) is 23.2 Å². The van der Waals surface area contributed by atoms with Crippen molar-refractivity contribution < 1.29 is 19.1 Å². The number of nitrogens with one attached hydrogen (secondary N) is 1. The number of nitrogens with zero attached hydrogens (tertiary/aromatic N) is 2. The molecule has 1 heterocycles. The maximum Gasteiger partial charge on any atom is 0.325 e. The third-order valence-corrected chi connectivity index (χ3v) is 2.81. The molecule has 20 heavy (non-hydrogen) atoms. The summed E-state index contributed by atoms with van der Waals surface area (Å²) in [5, 5.41) is 11.2. The Kier molecular flexibility index (Phi) is 4.10. The van der Waals surface area contributed by atoms with E-state index in [1.165, 1.54) is 18.2 Å². The number of amides is 1. The first-order valence-corrected chi connectivity index (χ1v) is 6.11. The molecule has 106 valence electrons. The number of alkyl halides is 1. The lowest BCUT2D eigenvalue weighted by atomic mass is 10.3. The first kappa shape index (κ1) is 14.5. The van der Waals surface area contributed by atoms with E-state index in [-0.39, 0.29) is 21.7 Å². The van der Waals surface area contributed by atoms with Gasteiger partial charge in [0.1, 0.15) is 6.54 Å². The Morgan fingerprint density at radius 2 is 2.00 bits per heavy atom. The summed E-state index contributed by atoms with van der Waals surface area (Å²) in [5.41, 5.74) is 0.198. The highest BCUT2D eigenvalue weighted by atomic mass is 35.5. The zero-order valence-corrected chi connectivity index (χ0v) is 11.3. The molecule has 6 nitrogen and oxygen atoms in total. The van der Waals surface area contributed by atoms with Crippen LogP contribution in [0.25, 0.3) is 0 Å². The maximum atomic E-state index is 13.4.